The normalized spacial score (nSPS) is 26.9. The van der Waals surface area contributed by atoms with Gasteiger partial charge < -0.3 is 14.2 Å². The predicted molar refractivity (Wildman–Crippen MR) is 112 cm³/mol. The second-order valence-corrected chi connectivity index (χ2v) is 8.34. The van der Waals surface area contributed by atoms with E-state index in [0.717, 1.165) is 11.1 Å². The smallest absolute Gasteiger partial charge is 0.400 e. The molecule has 0 bridgehead atoms. The second kappa shape index (κ2) is 9.45. The molecule has 0 aromatic heterocycles. The highest BCUT2D eigenvalue weighted by atomic mass is 19.3. The van der Waals surface area contributed by atoms with E-state index in [1.165, 1.54) is 24.3 Å². The Kier molecular flexibility index (Phi) is 6.68. The van der Waals surface area contributed by atoms with Crippen LogP contribution in [-0.4, -0.2) is 25.6 Å². The third-order valence-corrected chi connectivity index (χ3v) is 6.20. The molecule has 166 valence electrons. The molecule has 0 unspecified atom stereocenters. The summed E-state index contributed by atoms with van der Waals surface area (Å²) in [5, 5.41) is 0. The van der Waals surface area contributed by atoms with Crippen molar-refractivity contribution in [2.24, 2.45) is 17.8 Å². The van der Waals surface area contributed by atoms with Gasteiger partial charge in [0.2, 0.25) is 0 Å². The summed E-state index contributed by atoms with van der Waals surface area (Å²) in [6, 6.07) is 12.5. The van der Waals surface area contributed by atoms with Gasteiger partial charge in [-0.2, -0.15) is 8.78 Å². The van der Waals surface area contributed by atoms with Gasteiger partial charge >= 0.3 is 6.11 Å². The lowest BCUT2D eigenvalue weighted by molar-refractivity contribution is -0.244. The lowest BCUT2D eigenvalue weighted by Gasteiger charge is -2.38. The molecule has 1 saturated carbocycles. The summed E-state index contributed by atoms with van der Waals surface area (Å²) in [6.45, 7) is 4.89. The van der Waals surface area contributed by atoms with Crippen LogP contribution in [0.3, 0.4) is 0 Å². The molecule has 4 rings (SSSR count). The van der Waals surface area contributed by atoms with Crippen LogP contribution in [0, 0.1) is 23.6 Å². The molecule has 6 heteroatoms. The van der Waals surface area contributed by atoms with Crippen LogP contribution in [0.15, 0.2) is 61.2 Å². The molecular formula is C25H27F3O3. The topological polar surface area (TPSA) is 27.7 Å². The van der Waals surface area contributed by atoms with Gasteiger partial charge in [0.1, 0.15) is 11.6 Å². The van der Waals surface area contributed by atoms with Gasteiger partial charge in [0.25, 0.3) is 0 Å². The van der Waals surface area contributed by atoms with Gasteiger partial charge in [-0.15, -0.1) is 6.58 Å². The molecule has 1 aliphatic carbocycles. The highest BCUT2D eigenvalue weighted by Crippen LogP contribution is 2.42. The predicted octanol–water partition coefficient (Wildman–Crippen LogP) is 6.45. The first kappa shape index (κ1) is 21.9. The van der Waals surface area contributed by atoms with E-state index in [-0.39, 0.29) is 29.7 Å². The number of halogens is 3. The quantitative estimate of drug-likeness (QED) is 0.491. The molecule has 1 aliphatic heterocycles. The molecular weight excluding hydrogens is 405 g/mol. The summed E-state index contributed by atoms with van der Waals surface area (Å²) < 4.78 is 59.3. The molecule has 2 aromatic rings. The number of benzene rings is 2. The first-order valence-corrected chi connectivity index (χ1v) is 10.7. The van der Waals surface area contributed by atoms with E-state index < -0.39 is 12.0 Å². The van der Waals surface area contributed by atoms with Gasteiger partial charge in [-0.1, -0.05) is 30.3 Å². The minimum Gasteiger partial charge on any atom is -0.432 e. The third kappa shape index (κ3) is 5.31. The van der Waals surface area contributed by atoms with Crippen LogP contribution < -0.4 is 4.74 Å². The lowest BCUT2D eigenvalue weighted by Crippen LogP contribution is -2.41. The zero-order valence-electron chi connectivity index (χ0n) is 17.3. The average Bonchev–Trinajstić information content (AvgIpc) is 2.80. The summed E-state index contributed by atoms with van der Waals surface area (Å²) in [7, 11) is 0. The number of hydrogen-bond acceptors (Lipinski definition) is 3. The molecule has 0 N–H and O–H groups in total. The zero-order valence-corrected chi connectivity index (χ0v) is 17.3. The van der Waals surface area contributed by atoms with Crippen LogP contribution in [0.1, 0.15) is 25.7 Å². The maximum atomic E-state index is 14.8. The number of alkyl halides is 2. The largest absolute Gasteiger partial charge is 0.432 e. The molecule has 1 heterocycles. The van der Waals surface area contributed by atoms with Crippen molar-refractivity contribution in [1.82, 2.24) is 0 Å². The van der Waals surface area contributed by atoms with Crippen LogP contribution >= 0.6 is 0 Å². The molecule has 0 atom stereocenters. The Morgan fingerprint density at radius 2 is 1.42 bits per heavy atom. The number of hydrogen-bond donors (Lipinski definition) is 0. The van der Waals surface area contributed by atoms with Crippen molar-refractivity contribution < 1.29 is 27.4 Å². The number of rotatable bonds is 6. The molecule has 3 nitrogen and oxygen atoms in total. The molecule has 0 amide bonds. The van der Waals surface area contributed by atoms with Gasteiger partial charge in [-0.05, 0) is 61.1 Å². The van der Waals surface area contributed by atoms with Gasteiger partial charge in [-0.25, -0.2) is 4.39 Å². The standard InChI is InChI=1S/C25H27F3O3/c1-2-17-15-29-24(30-16-17)20-3-9-21(10-4-20)25(27,28)31-23-13-7-19(8-14-23)18-5-11-22(26)12-6-18/h2,5-8,11-14,17,20-21,24H,1,3-4,9-10,15-16H2. The van der Waals surface area contributed by atoms with E-state index in [9.17, 15) is 13.2 Å². The van der Waals surface area contributed by atoms with Crippen LogP contribution in [-0.2, 0) is 9.47 Å². The van der Waals surface area contributed by atoms with E-state index in [2.05, 4.69) is 6.58 Å². The Bertz CT molecular complexity index is 851. The summed E-state index contributed by atoms with van der Waals surface area (Å²) in [5.74, 6) is -0.717. The molecule has 31 heavy (non-hydrogen) atoms. The van der Waals surface area contributed by atoms with Gasteiger partial charge in [0.15, 0.2) is 6.29 Å². The minimum atomic E-state index is -3.25. The average molecular weight is 432 g/mol. The Morgan fingerprint density at radius 3 is 1.97 bits per heavy atom. The van der Waals surface area contributed by atoms with Crippen LogP contribution in [0.25, 0.3) is 11.1 Å². The van der Waals surface area contributed by atoms with Crippen molar-refractivity contribution >= 4 is 0 Å². The Balaban J connectivity index is 1.31. The Morgan fingerprint density at radius 1 is 0.871 bits per heavy atom. The van der Waals surface area contributed by atoms with Gasteiger partial charge in [-0.3, -0.25) is 0 Å². The maximum Gasteiger partial charge on any atom is 0.400 e. The SMILES string of the molecule is C=CC1COC(C2CCC(C(F)(F)Oc3ccc(-c4ccc(F)cc4)cc3)CC2)OC1. The van der Waals surface area contributed by atoms with Gasteiger partial charge in [0.05, 0.1) is 19.1 Å². The Hall–Kier alpha value is -2.31. The highest BCUT2D eigenvalue weighted by Gasteiger charge is 2.45. The number of ether oxygens (including phenoxy) is 3. The summed E-state index contributed by atoms with van der Waals surface area (Å²) in [6.07, 6.45) is 0.221. The van der Waals surface area contributed by atoms with Crippen molar-refractivity contribution in [3.05, 3.63) is 67.0 Å². The minimum absolute atomic E-state index is 0.118. The van der Waals surface area contributed by atoms with Crippen molar-refractivity contribution in [3.8, 4) is 16.9 Å². The summed E-state index contributed by atoms with van der Waals surface area (Å²) in [4.78, 5) is 0. The second-order valence-electron chi connectivity index (χ2n) is 8.34. The van der Waals surface area contributed by atoms with E-state index in [0.29, 0.717) is 38.9 Å². The fourth-order valence-corrected chi connectivity index (χ4v) is 4.27. The van der Waals surface area contributed by atoms with Crippen molar-refractivity contribution in [3.63, 3.8) is 0 Å². The van der Waals surface area contributed by atoms with Crippen molar-refractivity contribution in [2.45, 2.75) is 38.1 Å². The van der Waals surface area contributed by atoms with Crippen molar-refractivity contribution in [1.29, 1.82) is 0 Å². The zero-order chi connectivity index (χ0) is 21.8. The van der Waals surface area contributed by atoms with Crippen LogP contribution in [0.2, 0.25) is 0 Å². The molecule has 2 aliphatic rings. The van der Waals surface area contributed by atoms with E-state index in [1.807, 2.05) is 6.08 Å². The molecule has 2 fully saturated rings. The summed E-state index contributed by atoms with van der Waals surface area (Å²) in [5.41, 5.74) is 1.62. The van der Waals surface area contributed by atoms with Crippen LogP contribution in [0.4, 0.5) is 13.2 Å². The van der Waals surface area contributed by atoms with E-state index in [4.69, 9.17) is 14.2 Å². The van der Waals surface area contributed by atoms with E-state index >= 15 is 0 Å². The molecule has 2 aromatic carbocycles. The third-order valence-electron chi connectivity index (χ3n) is 6.20. The first-order chi connectivity index (χ1) is 14.9. The monoisotopic (exact) mass is 432 g/mol. The lowest BCUT2D eigenvalue weighted by atomic mass is 9.80. The van der Waals surface area contributed by atoms with Crippen LogP contribution in [0.5, 0.6) is 5.75 Å². The Labute approximate surface area is 180 Å². The molecule has 0 radical (unpaired) electrons. The van der Waals surface area contributed by atoms with Gasteiger partial charge in [0, 0.05) is 11.8 Å². The van der Waals surface area contributed by atoms with Crippen molar-refractivity contribution in [2.75, 3.05) is 13.2 Å². The fraction of sp³-hybridized carbons (Fsp3) is 0.440. The molecule has 1 saturated heterocycles. The first-order valence-electron chi connectivity index (χ1n) is 10.7. The van der Waals surface area contributed by atoms with E-state index in [1.54, 1.807) is 24.3 Å². The molecule has 0 spiro atoms. The highest BCUT2D eigenvalue weighted by molar-refractivity contribution is 5.64. The maximum absolute atomic E-state index is 14.8. The fourth-order valence-electron chi connectivity index (χ4n) is 4.27. The summed E-state index contributed by atoms with van der Waals surface area (Å²) >= 11 is 0.